The van der Waals surface area contributed by atoms with Crippen LogP contribution in [0.4, 0.5) is 5.95 Å². The minimum absolute atomic E-state index is 0.264. The standard InChI is InChI=1S/C17H20N4OS/c18-16-19-10-12-5-8-21(11-13(12)20-16)15(22)17(6-1-2-7-17)14-4-3-9-23-14/h3-4,9-10H,1-2,5-8,11H2,(H2,18,19,20). The van der Waals surface area contributed by atoms with Crippen LogP contribution in [-0.2, 0) is 23.2 Å². The van der Waals surface area contributed by atoms with Crippen molar-refractivity contribution in [3.05, 3.63) is 39.8 Å². The highest BCUT2D eigenvalue weighted by Gasteiger charge is 2.46. The van der Waals surface area contributed by atoms with E-state index in [1.165, 1.54) is 4.88 Å². The van der Waals surface area contributed by atoms with Crippen LogP contribution < -0.4 is 5.73 Å². The molecule has 2 aromatic heterocycles. The fourth-order valence-corrected chi connectivity index (χ4v) is 4.87. The van der Waals surface area contributed by atoms with Crippen LogP contribution in [0.2, 0.25) is 0 Å². The van der Waals surface area contributed by atoms with E-state index in [0.29, 0.717) is 6.54 Å². The molecule has 0 aromatic carbocycles. The van der Waals surface area contributed by atoms with Gasteiger partial charge in [-0.25, -0.2) is 9.97 Å². The molecule has 23 heavy (non-hydrogen) atoms. The van der Waals surface area contributed by atoms with Crippen molar-refractivity contribution in [2.45, 2.75) is 44.1 Å². The van der Waals surface area contributed by atoms with Crippen molar-refractivity contribution in [3.63, 3.8) is 0 Å². The van der Waals surface area contributed by atoms with E-state index in [9.17, 15) is 4.79 Å². The number of nitrogen functional groups attached to an aromatic ring is 1. The van der Waals surface area contributed by atoms with Crippen molar-refractivity contribution >= 4 is 23.2 Å². The Morgan fingerprint density at radius 2 is 2.17 bits per heavy atom. The zero-order valence-corrected chi connectivity index (χ0v) is 13.8. The highest BCUT2D eigenvalue weighted by atomic mass is 32.1. The number of hydrogen-bond acceptors (Lipinski definition) is 5. The molecule has 6 heteroatoms. The summed E-state index contributed by atoms with van der Waals surface area (Å²) >= 11 is 1.71. The minimum Gasteiger partial charge on any atom is -0.368 e. The summed E-state index contributed by atoms with van der Waals surface area (Å²) in [6.45, 7) is 1.29. The van der Waals surface area contributed by atoms with Crippen molar-refractivity contribution in [1.29, 1.82) is 0 Å². The van der Waals surface area contributed by atoms with Crippen LogP contribution in [0, 0.1) is 0 Å². The molecule has 4 rings (SSSR count). The molecule has 0 atom stereocenters. The fourth-order valence-electron chi connectivity index (χ4n) is 3.89. The summed E-state index contributed by atoms with van der Waals surface area (Å²) in [5.74, 6) is 0.548. The Balaban J connectivity index is 1.64. The van der Waals surface area contributed by atoms with Crippen molar-refractivity contribution in [1.82, 2.24) is 14.9 Å². The van der Waals surface area contributed by atoms with Crippen molar-refractivity contribution in [3.8, 4) is 0 Å². The smallest absolute Gasteiger partial charge is 0.234 e. The Labute approximate surface area is 139 Å². The number of hydrogen-bond donors (Lipinski definition) is 1. The normalized spacial score (nSPS) is 19.6. The number of thiophene rings is 1. The van der Waals surface area contributed by atoms with Gasteiger partial charge in [-0.05, 0) is 36.3 Å². The third-order valence-corrected chi connectivity index (χ3v) is 6.19. The van der Waals surface area contributed by atoms with Crippen LogP contribution in [0.5, 0.6) is 0 Å². The van der Waals surface area contributed by atoms with E-state index in [1.54, 1.807) is 17.5 Å². The van der Waals surface area contributed by atoms with Gasteiger partial charge in [0.1, 0.15) is 0 Å². The topological polar surface area (TPSA) is 72.1 Å². The molecular weight excluding hydrogens is 308 g/mol. The lowest BCUT2D eigenvalue weighted by atomic mass is 9.82. The number of carbonyl (C=O) groups is 1. The first-order valence-electron chi connectivity index (χ1n) is 8.13. The monoisotopic (exact) mass is 328 g/mol. The molecule has 0 spiro atoms. The number of carbonyl (C=O) groups excluding carboxylic acids is 1. The summed E-state index contributed by atoms with van der Waals surface area (Å²) in [5, 5.41) is 2.07. The SMILES string of the molecule is Nc1ncc2c(n1)CN(C(=O)C1(c3cccs3)CCCC1)CC2. The third-order valence-electron chi connectivity index (χ3n) is 5.11. The number of aromatic nitrogens is 2. The summed E-state index contributed by atoms with van der Waals surface area (Å²) < 4.78 is 0. The second-order valence-corrected chi connectivity index (χ2v) is 7.39. The number of nitrogens with two attached hydrogens (primary N) is 1. The molecule has 0 saturated heterocycles. The molecule has 5 nitrogen and oxygen atoms in total. The third kappa shape index (κ3) is 2.41. The van der Waals surface area contributed by atoms with Gasteiger partial charge >= 0.3 is 0 Å². The molecule has 1 aliphatic heterocycles. The van der Waals surface area contributed by atoms with Crippen LogP contribution in [-0.4, -0.2) is 27.3 Å². The van der Waals surface area contributed by atoms with Crippen LogP contribution in [0.1, 0.15) is 41.8 Å². The van der Waals surface area contributed by atoms with E-state index in [2.05, 4.69) is 21.4 Å². The van der Waals surface area contributed by atoms with Gasteiger partial charge < -0.3 is 10.6 Å². The Morgan fingerprint density at radius 1 is 1.35 bits per heavy atom. The molecule has 2 aliphatic rings. The van der Waals surface area contributed by atoms with Crippen molar-refractivity contribution < 1.29 is 4.79 Å². The Hall–Kier alpha value is -1.95. The number of anilines is 1. The van der Waals surface area contributed by atoms with Gasteiger partial charge in [0.15, 0.2) is 0 Å². The van der Waals surface area contributed by atoms with Gasteiger partial charge in [-0.1, -0.05) is 18.9 Å². The van der Waals surface area contributed by atoms with Gasteiger partial charge in [0.2, 0.25) is 11.9 Å². The second kappa shape index (κ2) is 5.60. The van der Waals surface area contributed by atoms with Crippen molar-refractivity contribution in [2.75, 3.05) is 12.3 Å². The molecule has 0 bridgehead atoms. The molecule has 0 radical (unpaired) electrons. The van der Waals surface area contributed by atoms with Gasteiger partial charge in [-0.15, -0.1) is 11.3 Å². The first-order chi connectivity index (χ1) is 11.2. The second-order valence-electron chi connectivity index (χ2n) is 6.44. The lowest BCUT2D eigenvalue weighted by Crippen LogP contribution is -2.47. The summed E-state index contributed by atoms with van der Waals surface area (Å²) in [6, 6.07) is 4.17. The van der Waals surface area contributed by atoms with E-state index in [0.717, 1.165) is 49.9 Å². The molecule has 120 valence electrons. The van der Waals surface area contributed by atoms with Gasteiger partial charge in [0, 0.05) is 17.6 Å². The lowest BCUT2D eigenvalue weighted by Gasteiger charge is -2.36. The predicted octanol–water partition coefficient (Wildman–Crippen LogP) is 2.52. The maximum Gasteiger partial charge on any atom is 0.234 e. The van der Waals surface area contributed by atoms with Crippen LogP contribution in [0.15, 0.2) is 23.7 Å². The zero-order chi connectivity index (χ0) is 15.9. The van der Waals surface area contributed by atoms with Gasteiger partial charge in [0.05, 0.1) is 17.7 Å². The molecule has 1 aliphatic carbocycles. The average molecular weight is 328 g/mol. The van der Waals surface area contributed by atoms with Crippen molar-refractivity contribution in [2.24, 2.45) is 0 Å². The highest BCUT2D eigenvalue weighted by Crippen LogP contribution is 2.45. The fraction of sp³-hybridized carbons (Fsp3) is 0.471. The molecule has 1 amide bonds. The number of fused-ring (bicyclic) bond motifs is 1. The first-order valence-corrected chi connectivity index (χ1v) is 9.01. The molecule has 2 N–H and O–H groups in total. The van der Waals surface area contributed by atoms with E-state index in [-0.39, 0.29) is 17.3 Å². The summed E-state index contributed by atoms with van der Waals surface area (Å²) in [4.78, 5) is 25.0. The van der Waals surface area contributed by atoms with E-state index in [1.807, 2.05) is 11.0 Å². The molecule has 1 saturated carbocycles. The lowest BCUT2D eigenvalue weighted by molar-refractivity contribution is -0.138. The predicted molar refractivity (Wildman–Crippen MR) is 90.0 cm³/mol. The van der Waals surface area contributed by atoms with Crippen LogP contribution >= 0.6 is 11.3 Å². The molecule has 3 heterocycles. The van der Waals surface area contributed by atoms with E-state index in [4.69, 9.17) is 5.73 Å². The van der Waals surface area contributed by atoms with Crippen LogP contribution in [0.25, 0.3) is 0 Å². The number of amides is 1. The number of rotatable bonds is 2. The Kier molecular flexibility index (Phi) is 3.56. The van der Waals surface area contributed by atoms with Crippen LogP contribution in [0.3, 0.4) is 0 Å². The average Bonchev–Trinajstić information content (AvgIpc) is 3.25. The van der Waals surface area contributed by atoms with E-state index >= 15 is 0 Å². The van der Waals surface area contributed by atoms with Gasteiger partial charge in [-0.3, -0.25) is 4.79 Å². The summed E-state index contributed by atoms with van der Waals surface area (Å²) in [6.07, 6.45) is 6.78. The molecular formula is C17H20N4OS. The number of nitrogens with zero attached hydrogens (tertiary/aromatic N) is 3. The molecule has 2 aromatic rings. The minimum atomic E-state index is -0.315. The molecule has 0 unspecified atom stereocenters. The Morgan fingerprint density at radius 3 is 2.91 bits per heavy atom. The first kappa shape index (κ1) is 14.6. The van der Waals surface area contributed by atoms with E-state index < -0.39 is 0 Å². The quantitative estimate of drug-likeness (QED) is 0.919. The zero-order valence-electron chi connectivity index (χ0n) is 13.0. The summed E-state index contributed by atoms with van der Waals surface area (Å²) in [7, 11) is 0. The maximum atomic E-state index is 13.4. The summed E-state index contributed by atoms with van der Waals surface area (Å²) in [5.41, 5.74) is 7.40. The highest BCUT2D eigenvalue weighted by molar-refractivity contribution is 7.10. The Bertz CT molecular complexity index is 722. The van der Waals surface area contributed by atoms with Gasteiger partial charge in [0.25, 0.3) is 0 Å². The van der Waals surface area contributed by atoms with Gasteiger partial charge in [-0.2, -0.15) is 0 Å². The maximum absolute atomic E-state index is 13.4. The molecule has 1 fully saturated rings. The largest absolute Gasteiger partial charge is 0.368 e.